The zero-order valence-electron chi connectivity index (χ0n) is 8.18. The van der Waals surface area contributed by atoms with E-state index in [0.717, 1.165) is 0 Å². The Balaban J connectivity index is 2.41. The molecule has 4 unspecified atom stereocenters. The minimum absolute atomic E-state index is 0.0322. The lowest BCUT2D eigenvalue weighted by Crippen LogP contribution is -2.31. The highest BCUT2D eigenvalue weighted by atomic mass is 16.5. The molecule has 4 atom stereocenters. The second-order valence-corrected chi connectivity index (χ2v) is 4.14. The molecule has 2 amide bonds. The van der Waals surface area contributed by atoms with Crippen molar-refractivity contribution in [3.8, 4) is 0 Å². The zero-order valence-corrected chi connectivity index (χ0v) is 8.18. The lowest BCUT2D eigenvalue weighted by atomic mass is 9.73. The molecule has 4 nitrogen and oxygen atoms in total. The molecule has 0 radical (unpaired) electrons. The molecular weight excluding hydrogens is 182 g/mol. The highest BCUT2D eigenvalue weighted by molar-refractivity contribution is 6.04. The van der Waals surface area contributed by atoms with E-state index in [9.17, 15) is 14.8 Å². The molecule has 1 aliphatic heterocycles. The fraction of sp³-hybridized carbons (Fsp3) is 0.600. The van der Waals surface area contributed by atoms with E-state index in [4.69, 9.17) is 0 Å². The molecule has 0 spiro atoms. The number of hydroxylamine groups is 2. The Morgan fingerprint density at radius 2 is 1.43 bits per heavy atom. The predicted octanol–water partition coefficient (Wildman–Crippen LogP) is 0.819. The van der Waals surface area contributed by atoms with E-state index in [1.807, 2.05) is 26.0 Å². The number of fused-ring (bicyclic) bond motifs is 1. The van der Waals surface area contributed by atoms with Crippen LogP contribution in [0.3, 0.4) is 0 Å². The van der Waals surface area contributed by atoms with Crippen LogP contribution in [0.1, 0.15) is 13.8 Å². The van der Waals surface area contributed by atoms with Crippen molar-refractivity contribution in [2.24, 2.45) is 23.7 Å². The molecule has 0 aromatic heterocycles. The maximum atomic E-state index is 11.5. The van der Waals surface area contributed by atoms with Crippen LogP contribution in [0.4, 0.5) is 0 Å². The van der Waals surface area contributed by atoms with Crippen molar-refractivity contribution in [1.82, 2.24) is 5.06 Å². The molecular formula is C10H13NO3. The van der Waals surface area contributed by atoms with Crippen molar-refractivity contribution in [3.05, 3.63) is 12.2 Å². The van der Waals surface area contributed by atoms with E-state index in [2.05, 4.69) is 0 Å². The van der Waals surface area contributed by atoms with Gasteiger partial charge in [0, 0.05) is 0 Å². The van der Waals surface area contributed by atoms with Crippen LogP contribution in [0, 0.1) is 23.7 Å². The molecule has 2 rings (SSSR count). The van der Waals surface area contributed by atoms with Gasteiger partial charge in [-0.1, -0.05) is 26.0 Å². The maximum absolute atomic E-state index is 11.5. The highest BCUT2D eigenvalue weighted by Gasteiger charge is 2.52. The fourth-order valence-corrected chi connectivity index (χ4v) is 2.39. The summed E-state index contributed by atoms with van der Waals surface area (Å²) in [4.78, 5) is 23.1. The fourth-order valence-electron chi connectivity index (χ4n) is 2.39. The summed E-state index contributed by atoms with van der Waals surface area (Å²) in [5.74, 6) is -1.58. The summed E-state index contributed by atoms with van der Waals surface area (Å²) in [5, 5.41) is 9.53. The normalized spacial score (nSPS) is 41.8. The van der Waals surface area contributed by atoms with Gasteiger partial charge in [0.2, 0.25) is 0 Å². The molecule has 1 N–H and O–H groups in total. The topological polar surface area (TPSA) is 57.6 Å². The third-order valence-corrected chi connectivity index (χ3v) is 3.23. The van der Waals surface area contributed by atoms with Crippen LogP contribution in [0.15, 0.2) is 12.2 Å². The minimum atomic E-state index is -0.455. The minimum Gasteiger partial charge on any atom is -0.278 e. The van der Waals surface area contributed by atoms with Crippen molar-refractivity contribution in [3.63, 3.8) is 0 Å². The number of amides is 2. The van der Waals surface area contributed by atoms with Crippen molar-refractivity contribution in [2.75, 3.05) is 0 Å². The lowest BCUT2D eigenvalue weighted by Gasteiger charge is -2.27. The zero-order chi connectivity index (χ0) is 10.5. The van der Waals surface area contributed by atoms with Gasteiger partial charge >= 0.3 is 0 Å². The molecule has 4 heteroatoms. The molecule has 0 saturated carbocycles. The maximum Gasteiger partial charge on any atom is 0.257 e. The van der Waals surface area contributed by atoms with Crippen molar-refractivity contribution >= 4 is 11.8 Å². The van der Waals surface area contributed by atoms with E-state index in [0.29, 0.717) is 0 Å². The standard InChI is InChI=1S/C10H13NO3/c1-5-3-4-6(2)8-7(5)9(12)11(14)10(8)13/h3-8,14H,1-2H3. The Kier molecular flexibility index (Phi) is 1.96. The molecule has 0 aromatic carbocycles. The van der Waals surface area contributed by atoms with Crippen LogP contribution in [0.5, 0.6) is 0 Å². The summed E-state index contributed by atoms with van der Waals surface area (Å²) in [6, 6.07) is 0. The van der Waals surface area contributed by atoms with Crippen LogP contribution >= 0.6 is 0 Å². The van der Waals surface area contributed by atoms with Gasteiger partial charge in [0.25, 0.3) is 11.8 Å². The van der Waals surface area contributed by atoms with E-state index < -0.39 is 11.8 Å². The average Bonchev–Trinajstić information content (AvgIpc) is 2.38. The van der Waals surface area contributed by atoms with Gasteiger partial charge in [-0.3, -0.25) is 14.8 Å². The Bertz CT molecular complexity index is 293. The monoisotopic (exact) mass is 195 g/mol. The van der Waals surface area contributed by atoms with Gasteiger partial charge in [0.15, 0.2) is 0 Å². The van der Waals surface area contributed by atoms with Crippen molar-refractivity contribution < 1.29 is 14.8 Å². The van der Waals surface area contributed by atoms with Gasteiger partial charge in [-0.15, -0.1) is 0 Å². The van der Waals surface area contributed by atoms with E-state index >= 15 is 0 Å². The van der Waals surface area contributed by atoms with Crippen LogP contribution in [-0.4, -0.2) is 22.1 Å². The van der Waals surface area contributed by atoms with Crippen molar-refractivity contribution in [1.29, 1.82) is 0 Å². The largest absolute Gasteiger partial charge is 0.278 e. The molecule has 76 valence electrons. The van der Waals surface area contributed by atoms with Gasteiger partial charge in [0.05, 0.1) is 11.8 Å². The molecule has 1 saturated heterocycles. The first kappa shape index (κ1) is 9.40. The van der Waals surface area contributed by atoms with Gasteiger partial charge < -0.3 is 0 Å². The first-order valence-corrected chi connectivity index (χ1v) is 4.79. The van der Waals surface area contributed by atoms with Gasteiger partial charge in [-0.25, -0.2) is 0 Å². The van der Waals surface area contributed by atoms with Gasteiger partial charge in [-0.2, -0.15) is 5.06 Å². The molecule has 0 aromatic rings. The predicted molar refractivity (Wildman–Crippen MR) is 48.1 cm³/mol. The number of allylic oxidation sites excluding steroid dienone is 2. The highest BCUT2D eigenvalue weighted by Crippen LogP contribution is 2.40. The van der Waals surface area contributed by atoms with E-state index in [1.165, 1.54) is 0 Å². The summed E-state index contributed by atoms with van der Waals surface area (Å²) < 4.78 is 0. The van der Waals surface area contributed by atoms with Gasteiger partial charge in [0.1, 0.15) is 0 Å². The Morgan fingerprint density at radius 3 is 1.79 bits per heavy atom. The number of carbonyl (C=O) groups excluding carboxylic acids is 2. The summed E-state index contributed by atoms with van der Waals surface area (Å²) in [7, 11) is 0. The third-order valence-electron chi connectivity index (χ3n) is 3.23. The van der Waals surface area contributed by atoms with Gasteiger partial charge in [-0.05, 0) is 11.8 Å². The van der Waals surface area contributed by atoms with Crippen molar-refractivity contribution in [2.45, 2.75) is 13.8 Å². The summed E-state index contributed by atoms with van der Waals surface area (Å²) in [6.45, 7) is 3.79. The molecule has 2 aliphatic rings. The number of carbonyl (C=O) groups is 2. The smallest absolute Gasteiger partial charge is 0.257 e. The van der Waals surface area contributed by atoms with Crippen LogP contribution < -0.4 is 0 Å². The summed E-state index contributed by atoms with van der Waals surface area (Å²) >= 11 is 0. The summed E-state index contributed by atoms with van der Waals surface area (Å²) in [5.41, 5.74) is 0. The van der Waals surface area contributed by atoms with Crippen LogP contribution in [-0.2, 0) is 9.59 Å². The second-order valence-electron chi connectivity index (χ2n) is 4.14. The molecule has 0 bridgehead atoms. The number of nitrogens with zero attached hydrogens (tertiary/aromatic N) is 1. The molecule has 1 fully saturated rings. The van der Waals surface area contributed by atoms with Crippen LogP contribution in [0.25, 0.3) is 0 Å². The Labute approximate surface area is 82.2 Å². The Morgan fingerprint density at radius 1 is 1.07 bits per heavy atom. The average molecular weight is 195 g/mol. The first-order chi connectivity index (χ1) is 6.54. The number of imide groups is 1. The lowest BCUT2D eigenvalue weighted by molar-refractivity contribution is -0.173. The first-order valence-electron chi connectivity index (χ1n) is 4.79. The molecule has 1 aliphatic carbocycles. The third kappa shape index (κ3) is 1.04. The quantitative estimate of drug-likeness (QED) is 0.353. The second kappa shape index (κ2) is 2.92. The van der Waals surface area contributed by atoms with E-state index in [1.54, 1.807) is 0 Å². The molecule has 14 heavy (non-hydrogen) atoms. The number of hydrogen-bond donors (Lipinski definition) is 1. The SMILES string of the molecule is CC1C=CC(C)C2C(=O)N(O)C(=O)C12. The summed E-state index contributed by atoms with van der Waals surface area (Å²) in [6.07, 6.45) is 3.88. The number of rotatable bonds is 0. The Hall–Kier alpha value is -1.16. The number of hydrogen-bond acceptors (Lipinski definition) is 3. The van der Waals surface area contributed by atoms with Crippen LogP contribution in [0.2, 0.25) is 0 Å². The van der Waals surface area contributed by atoms with E-state index in [-0.39, 0.29) is 28.7 Å². The molecule has 1 heterocycles.